The second-order valence-corrected chi connectivity index (χ2v) is 7.14. The monoisotopic (exact) mass is 352 g/mol. The van der Waals surface area contributed by atoms with Gasteiger partial charge < -0.3 is 9.15 Å². The van der Waals surface area contributed by atoms with Crippen molar-refractivity contribution < 1.29 is 18.4 Å². The van der Waals surface area contributed by atoms with Crippen molar-refractivity contribution in [1.29, 1.82) is 0 Å². The molecule has 132 valence electrons. The third-order valence-electron chi connectivity index (χ3n) is 5.43. The maximum Gasteiger partial charge on any atom is 0.339 e. The van der Waals surface area contributed by atoms with Gasteiger partial charge in [0.25, 0.3) is 0 Å². The second-order valence-electron chi connectivity index (χ2n) is 7.14. The summed E-state index contributed by atoms with van der Waals surface area (Å²) < 4.78 is 24.8. The summed E-state index contributed by atoms with van der Waals surface area (Å²) in [5.41, 5.74) is 4.46. The molecular weight excluding hydrogens is 333 g/mol. The summed E-state index contributed by atoms with van der Waals surface area (Å²) >= 11 is 0. The summed E-state index contributed by atoms with van der Waals surface area (Å²) in [7, 11) is 0. The Morgan fingerprint density at radius 2 is 1.81 bits per heavy atom. The molecule has 4 nitrogen and oxygen atoms in total. The minimum Gasteiger partial charge on any atom is -0.445 e. The Balaban J connectivity index is 1.53. The lowest BCUT2D eigenvalue weighted by atomic mass is 10.0. The van der Waals surface area contributed by atoms with Gasteiger partial charge >= 0.3 is 5.63 Å². The van der Waals surface area contributed by atoms with Crippen LogP contribution in [0.3, 0.4) is 0 Å². The number of aryl methyl sites for hydroxylation is 1. The smallest absolute Gasteiger partial charge is 0.339 e. The molecule has 1 N–H and O–H groups in total. The minimum atomic E-state index is -0.231. The van der Waals surface area contributed by atoms with Gasteiger partial charge in [0.2, 0.25) is 6.73 Å². The topological polar surface area (TPSA) is 43.9 Å². The van der Waals surface area contributed by atoms with Crippen LogP contribution in [-0.2, 0) is 25.9 Å². The van der Waals surface area contributed by atoms with E-state index in [0.717, 1.165) is 59.2 Å². The number of halogens is 1. The number of rotatable bonds is 2. The molecule has 1 aromatic heterocycles. The Labute approximate surface area is 149 Å². The highest BCUT2D eigenvalue weighted by Crippen LogP contribution is 2.33. The summed E-state index contributed by atoms with van der Waals surface area (Å²) in [6.45, 7) is 1.97. The quantitative estimate of drug-likeness (QED) is 0.720. The molecule has 5 rings (SSSR count). The molecule has 26 heavy (non-hydrogen) atoms. The van der Waals surface area contributed by atoms with Crippen molar-refractivity contribution in [3.63, 3.8) is 0 Å². The lowest BCUT2D eigenvalue weighted by Gasteiger charge is -2.26. The molecule has 1 aliphatic heterocycles. The van der Waals surface area contributed by atoms with Crippen molar-refractivity contribution in [2.45, 2.75) is 32.4 Å². The molecule has 3 aromatic rings. The van der Waals surface area contributed by atoms with Crippen LogP contribution < -0.4 is 15.3 Å². The summed E-state index contributed by atoms with van der Waals surface area (Å²) in [5.74, 6) is 0.562. The fourth-order valence-corrected chi connectivity index (χ4v) is 4.17. The largest absolute Gasteiger partial charge is 0.445 e. The first-order valence-electron chi connectivity index (χ1n) is 9.00. The Morgan fingerprint density at radius 3 is 2.65 bits per heavy atom. The molecule has 0 fully saturated rings. The predicted octanol–water partition coefficient (Wildman–Crippen LogP) is 2.36. The molecular formula is C21H19FNO3+. The number of quaternary nitrogens is 1. The fourth-order valence-electron chi connectivity index (χ4n) is 4.17. The van der Waals surface area contributed by atoms with Crippen LogP contribution in [0.4, 0.5) is 4.39 Å². The van der Waals surface area contributed by atoms with E-state index >= 15 is 0 Å². The van der Waals surface area contributed by atoms with E-state index in [-0.39, 0.29) is 11.4 Å². The van der Waals surface area contributed by atoms with Crippen molar-refractivity contribution in [2.75, 3.05) is 6.73 Å². The van der Waals surface area contributed by atoms with Gasteiger partial charge in [0.15, 0.2) is 5.58 Å². The van der Waals surface area contributed by atoms with Crippen LogP contribution in [0.25, 0.3) is 11.0 Å². The Morgan fingerprint density at radius 1 is 1.00 bits per heavy atom. The zero-order chi connectivity index (χ0) is 17.7. The van der Waals surface area contributed by atoms with E-state index in [1.54, 1.807) is 12.1 Å². The first-order valence-corrected chi connectivity index (χ1v) is 9.00. The van der Waals surface area contributed by atoms with Crippen molar-refractivity contribution in [1.82, 2.24) is 0 Å². The summed E-state index contributed by atoms with van der Waals surface area (Å²) in [5, 5.41) is 1.04. The number of fused-ring (bicyclic) bond motifs is 5. The summed E-state index contributed by atoms with van der Waals surface area (Å²) in [6.07, 6.45) is 2.75. The van der Waals surface area contributed by atoms with Crippen molar-refractivity contribution >= 4 is 11.0 Å². The second kappa shape index (κ2) is 5.95. The van der Waals surface area contributed by atoms with Gasteiger partial charge in [-0.1, -0.05) is 12.1 Å². The highest BCUT2D eigenvalue weighted by atomic mass is 19.1. The fraction of sp³-hybridized carbons (Fsp3) is 0.286. The Bertz CT molecular complexity index is 1060. The SMILES string of the molecule is O=c1oc2c3c(ccc2c2c1CCC2)OC[NH+](Cc1ccc(F)cc1)C3. The minimum absolute atomic E-state index is 0.205. The van der Waals surface area contributed by atoms with Crippen LogP contribution >= 0.6 is 0 Å². The van der Waals surface area contributed by atoms with E-state index in [2.05, 4.69) is 0 Å². The molecule has 1 atom stereocenters. The zero-order valence-electron chi connectivity index (χ0n) is 14.3. The van der Waals surface area contributed by atoms with E-state index in [1.807, 2.05) is 12.1 Å². The zero-order valence-corrected chi connectivity index (χ0v) is 14.3. The van der Waals surface area contributed by atoms with Crippen LogP contribution in [-0.4, -0.2) is 6.73 Å². The first-order chi connectivity index (χ1) is 12.7. The molecule has 1 unspecified atom stereocenters. The van der Waals surface area contributed by atoms with Crippen molar-refractivity contribution in [3.8, 4) is 5.75 Å². The average molecular weight is 352 g/mol. The van der Waals surface area contributed by atoms with E-state index in [4.69, 9.17) is 9.15 Å². The van der Waals surface area contributed by atoms with Gasteiger partial charge in [-0.15, -0.1) is 0 Å². The lowest BCUT2D eigenvalue weighted by molar-refractivity contribution is -0.945. The van der Waals surface area contributed by atoms with E-state index in [9.17, 15) is 9.18 Å². The number of nitrogens with one attached hydrogen (secondary N) is 1. The lowest BCUT2D eigenvalue weighted by Crippen LogP contribution is -3.10. The van der Waals surface area contributed by atoms with Gasteiger partial charge in [0, 0.05) is 16.5 Å². The third kappa shape index (κ3) is 2.51. The molecule has 0 bridgehead atoms. The molecule has 1 aliphatic carbocycles. The van der Waals surface area contributed by atoms with Crippen LogP contribution in [0, 0.1) is 5.82 Å². The van der Waals surface area contributed by atoms with E-state index < -0.39 is 0 Å². The summed E-state index contributed by atoms with van der Waals surface area (Å²) in [4.78, 5) is 13.6. The molecule has 2 aliphatic rings. The van der Waals surface area contributed by atoms with E-state index in [1.165, 1.54) is 17.0 Å². The van der Waals surface area contributed by atoms with Gasteiger partial charge in [0.05, 0.1) is 5.56 Å². The standard InChI is InChI=1S/C21H18FNO3/c22-14-6-4-13(5-7-14)10-23-11-18-19(25-12-23)9-8-16-15-2-1-3-17(15)21(24)26-20(16)18/h4-9H,1-3,10-12H2/p+1. The number of hydrogen-bond donors (Lipinski definition) is 1. The predicted molar refractivity (Wildman–Crippen MR) is 94.8 cm³/mol. The summed E-state index contributed by atoms with van der Waals surface area (Å²) in [6, 6.07) is 10.6. The Kier molecular flexibility index (Phi) is 3.57. The van der Waals surface area contributed by atoms with Crippen LogP contribution in [0.5, 0.6) is 5.75 Å². The van der Waals surface area contributed by atoms with Gasteiger partial charge in [-0.05, 0) is 49.1 Å². The average Bonchev–Trinajstić information content (AvgIpc) is 3.14. The normalized spacial score (nSPS) is 18.4. The molecule has 0 saturated carbocycles. The van der Waals surface area contributed by atoms with Gasteiger partial charge in [0.1, 0.15) is 24.7 Å². The van der Waals surface area contributed by atoms with E-state index in [0.29, 0.717) is 18.9 Å². The van der Waals surface area contributed by atoms with Crippen LogP contribution in [0.1, 0.15) is 28.7 Å². The number of ether oxygens (including phenoxy) is 1. The maximum absolute atomic E-state index is 13.1. The van der Waals surface area contributed by atoms with Crippen molar-refractivity contribution in [3.05, 3.63) is 74.9 Å². The highest BCUT2D eigenvalue weighted by Gasteiger charge is 2.27. The van der Waals surface area contributed by atoms with Gasteiger partial charge in [-0.25, -0.2) is 9.18 Å². The third-order valence-corrected chi connectivity index (χ3v) is 5.43. The van der Waals surface area contributed by atoms with Crippen LogP contribution in [0.2, 0.25) is 0 Å². The van der Waals surface area contributed by atoms with Crippen molar-refractivity contribution in [2.24, 2.45) is 0 Å². The first kappa shape index (κ1) is 15.6. The number of hydrogen-bond acceptors (Lipinski definition) is 3. The Hall–Kier alpha value is -2.66. The number of benzene rings is 2. The molecule has 0 radical (unpaired) electrons. The maximum atomic E-state index is 13.1. The highest BCUT2D eigenvalue weighted by molar-refractivity contribution is 5.86. The molecule has 5 heteroatoms. The molecule has 2 heterocycles. The van der Waals surface area contributed by atoms with Crippen LogP contribution in [0.15, 0.2) is 45.6 Å². The van der Waals surface area contributed by atoms with Gasteiger partial charge in [-0.2, -0.15) is 0 Å². The molecule has 0 saturated heterocycles. The molecule has 2 aromatic carbocycles. The van der Waals surface area contributed by atoms with Gasteiger partial charge in [-0.3, -0.25) is 4.90 Å². The molecule has 0 spiro atoms. The molecule has 0 amide bonds.